The lowest BCUT2D eigenvalue weighted by atomic mass is 10.1. The zero-order chi connectivity index (χ0) is 21.2. The Balaban J connectivity index is 2.33. The molecule has 0 fully saturated rings. The van der Waals surface area contributed by atoms with Gasteiger partial charge in [0.15, 0.2) is 11.6 Å². The van der Waals surface area contributed by atoms with Gasteiger partial charge in [-0.1, -0.05) is 11.6 Å². The standard InChI is InChI=1S/C19H19ClF3NO4/c1-9(2)26-17-11(20)6-10(8-24-17)27-13-7-12(21)14(16(23)15(13)22)18(25)28-19(3,4)5/h6-9H,1-5H3. The maximum Gasteiger partial charge on any atom is 0.344 e. The van der Waals surface area contributed by atoms with Gasteiger partial charge in [0.2, 0.25) is 11.7 Å². The molecule has 2 aromatic rings. The summed E-state index contributed by atoms with van der Waals surface area (Å²) in [7, 11) is 0. The van der Waals surface area contributed by atoms with Gasteiger partial charge < -0.3 is 14.2 Å². The fourth-order valence-corrected chi connectivity index (χ4v) is 2.27. The lowest BCUT2D eigenvalue weighted by Gasteiger charge is -2.20. The minimum absolute atomic E-state index is 0.0675. The molecule has 0 amide bonds. The highest BCUT2D eigenvalue weighted by molar-refractivity contribution is 6.31. The van der Waals surface area contributed by atoms with Gasteiger partial charge in [-0.3, -0.25) is 0 Å². The Morgan fingerprint density at radius 3 is 2.32 bits per heavy atom. The number of pyridine rings is 1. The second kappa shape index (κ2) is 8.26. The van der Waals surface area contributed by atoms with Crippen molar-refractivity contribution in [1.82, 2.24) is 4.98 Å². The highest BCUT2D eigenvalue weighted by Crippen LogP contribution is 2.33. The second-order valence-corrected chi connectivity index (χ2v) is 7.50. The molecule has 0 N–H and O–H groups in total. The van der Waals surface area contributed by atoms with Crippen LogP contribution in [0.15, 0.2) is 18.3 Å². The normalized spacial score (nSPS) is 11.5. The molecule has 1 aromatic heterocycles. The Labute approximate surface area is 165 Å². The molecule has 0 atom stereocenters. The van der Waals surface area contributed by atoms with Crippen molar-refractivity contribution in [3.05, 3.63) is 46.4 Å². The van der Waals surface area contributed by atoms with Gasteiger partial charge >= 0.3 is 5.97 Å². The highest BCUT2D eigenvalue weighted by Gasteiger charge is 2.29. The number of rotatable bonds is 5. The minimum Gasteiger partial charge on any atom is -0.474 e. The predicted octanol–water partition coefficient (Wildman–Crippen LogP) is 5.69. The third-order valence-corrected chi connectivity index (χ3v) is 3.36. The van der Waals surface area contributed by atoms with E-state index in [1.165, 1.54) is 26.8 Å². The number of nitrogens with zero attached hydrogens (tertiary/aromatic N) is 1. The molecule has 0 radical (unpaired) electrons. The van der Waals surface area contributed by atoms with Crippen molar-refractivity contribution in [3.8, 4) is 17.4 Å². The first kappa shape index (κ1) is 21.8. The molecule has 5 nitrogen and oxygen atoms in total. The van der Waals surface area contributed by atoms with Gasteiger partial charge in [-0.25, -0.2) is 18.6 Å². The maximum absolute atomic E-state index is 14.3. The van der Waals surface area contributed by atoms with Gasteiger partial charge in [-0.15, -0.1) is 0 Å². The van der Waals surface area contributed by atoms with Gasteiger partial charge in [-0.05, 0) is 34.6 Å². The SMILES string of the molecule is CC(C)Oc1ncc(Oc2cc(F)c(C(=O)OC(C)(C)C)c(F)c2F)cc1Cl. The summed E-state index contributed by atoms with van der Waals surface area (Å²) >= 11 is 6.00. The third kappa shape index (κ3) is 5.28. The van der Waals surface area contributed by atoms with E-state index < -0.39 is 40.3 Å². The number of benzene rings is 1. The molecule has 0 bridgehead atoms. The predicted molar refractivity (Wildman–Crippen MR) is 96.6 cm³/mol. The molecule has 9 heteroatoms. The Bertz CT molecular complexity index is 898. The van der Waals surface area contributed by atoms with E-state index >= 15 is 0 Å². The lowest BCUT2D eigenvalue weighted by Crippen LogP contribution is -2.25. The van der Waals surface area contributed by atoms with Gasteiger partial charge in [0, 0.05) is 12.1 Å². The van der Waals surface area contributed by atoms with Crippen molar-refractivity contribution in [2.45, 2.75) is 46.3 Å². The van der Waals surface area contributed by atoms with Crippen molar-refractivity contribution in [1.29, 1.82) is 0 Å². The Morgan fingerprint density at radius 2 is 1.79 bits per heavy atom. The molecule has 0 saturated heterocycles. The van der Waals surface area contributed by atoms with Crippen LogP contribution in [-0.2, 0) is 4.74 Å². The summed E-state index contributed by atoms with van der Waals surface area (Å²) in [6, 6.07) is 1.80. The van der Waals surface area contributed by atoms with Crippen LogP contribution in [0.25, 0.3) is 0 Å². The summed E-state index contributed by atoms with van der Waals surface area (Å²) in [6.45, 7) is 8.08. The molecule has 152 valence electrons. The van der Waals surface area contributed by atoms with Crippen LogP contribution in [0.5, 0.6) is 17.4 Å². The van der Waals surface area contributed by atoms with Crippen LogP contribution in [0.1, 0.15) is 45.0 Å². The highest BCUT2D eigenvalue weighted by atomic mass is 35.5. The first-order chi connectivity index (χ1) is 12.9. The van der Waals surface area contributed by atoms with Crippen molar-refractivity contribution >= 4 is 17.6 Å². The Hall–Kier alpha value is -2.48. The lowest BCUT2D eigenvalue weighted by molar-refractivity contribution is 0.00582. The Morgan fingerprint density at radius 1 is 1.14 bits per heavy atom. The van der Waals surface area contributed by atoms with Crippen molar-refractivity contribution in [2.24, 2.45) is 0 Å². The number of carbonyl (C=O) groups is 1. The fourth-order valence-electron chi connectivity index (χ4n) is 2.06. The van der Waals surface area contributed by atoms with Gasteiger partial charge in [-0.2, -0.15) is 4.39 Å². The fraction of sp³-hybridized carbons (Fsp3) is 0.368. The molecule has 1 heterocycles. The molecule has 0 saturated carbocycles. The van der Waals surface area contributed by atoms with Gasteiger partial charge in [0.25, 0.3) is 0 Å². The average molecular weight is 418 g/mol. The molecule has 2 rings (SSSR count). The summed E-state index contributed by atoms with van der Waals surface area (Å²) in [5, 5.41) is 0.0675. The van der Waals surface area contributed by atoms with Crippen molar-refractivity contribution in [3.63, 3.8) is 0 Å². The van der Waals surface area contributed by atoms with Crippen LogP contribution in [-0.4, -0.2) is 22.7 Å². The monoisotopic (exact) mass is 417 g/mol. The second-order valence-electron chi connectivity index (χ2n) is 7.09. The van der Waals surface area contributed by atoms with E-state index in [2.05, 4.69) is 4.98 Å². The molecule has 1 aromatic carbocycles. The zero-order valence-electron chi connectivity index (χ0n) is 15.9. The van der Waals surface area contributed by atoms with Crippen molar-refractivity contribution < 1.29 is 32.2 Å². The molecule has 0 aliphatic carbocycles. The summed E-state index contributed by atoms with van der Waals surface area (Å²) in [5.74, 6) is -6.66. The van der Waals surface area contributed by atoms with E-state index in [1.807, 2.05) is 0 Å². The first-order valence-electron chi connectivity index (χ1n) is 8.30. The molecular weight excluding hydrogens is 399 g/mol. The summed E-state index contributed by atoms with van der Waals surface area (Å²) in [5.41, 5.74) is -2.15. The number of hydrogen-bond donors (Lipinski definition) is 0. The molecule has 0 aliphatic rings. The summed E-state index contributed by atoms with van der Waals surface area (Å²) < 4.78 is 58.2. The third-order valence-electron chi connectivity index (χ3n) is 3.09. The van der Waals surface area contributed by atoms with Crippen molar-refractivity contribution in [2.75, 3.05) is 0 Å². The number of ether oxygens (including phenoxy) is 3. The van der Waals surface area contributed by atoms with Gasteiger partial charge in [0.05, 0.1) is 12.3 Å². The quantitative estimate of drug-likeness (QED) is 0.462. The molecule has 0 aliphatic heterocycles. The van der Waals surface area contributed by atoms with Crippen LogP contribution in [0, 0.1) is 17.5 Å². The molecular formula is C19H19ClF3NO4. The maximum atomic E-state index is 14.3. The number of esters is 1. The topological polar surface area (TPSA) is 57.7 Å². The largest absolute Gasteiger partial charge is 0.474 e. The number of hydrogen-bond acceptors (Lipinski definition) is 5. The van der Waals surface area contributed by atoms with E-state index in [0.29, 0.717) is 6.07 Å². The summed E-state index contributed by atoms with van der Waals surface area (Å²) in [4.78, 5) is 15.9. The van der Waals surface area contributed by atoms with Crippen LogP contribution in [0.3, 0.4) is 0 Å². The summed E-state index contributed by atoms with van der Waals surface area (Å²) in [6.07, 6.45) is 0.971. The van der Waals surface area contributed by atoms with E-state index in [9.17, 15) is 18.0 Å². The van der Waals surface area contributed by atoms with Crippen LogP contribution < -0.4 is 9.47 Å². The van der Waals surface area contributed by atoms with Crippen LogP contribution >= 0.6 is 11.6 Å². The molecule has 0 spiro atoms. The Kier molecular flexibility index (Phi) is 6.44. The van der Waals surface area contributed by atoms with Crippen LogP contribution in [0.4, 0.5) is 13.2 Å². The minimum atomic E-state index is -1.72. The zero-order valence-corrected chi connectivity index (χ0v) is 16.7. The van der Waals surface area contributed by atoms with Crippen LogP contribution in [0.2, 0.25) is 5.02 Å². The smallest absolute Gasteiger partial charge is 0.344 e. The average Bonchev–Trinajstić information content (AvgIpc) is 2.53. The first-order valence-corrected chi connectivity index (χ1v) is 8.67. The molecule has 28 heavy (non-hydrogen) atoms. The van der Waals surface area contributed by atoms with E-state index in [0.717, 1.165) is 6.20 Å². The number of aromatic nitrogens is 1. The van der Waals surface area contributed by atoms with E-state index in [1.54, 1.807) is 13.8 Å². The number of halogens is 4. The molecule has 0 unspecified atom stereocenters. The van der Waals surface area contributed by atoms with E-state index in [-0.39, 0.29) is 22.8 Å². The van der Waals surface area contributed by atoms with Gasteiger partial charge in [0.1, 0.15) is 27.8 Å². The van der Waals surface area contributed by atoms with E-state index in [4.69, 9.17) is 25.8 Å². The number of carbonyl (C=O) groups excluding carboxylic acids is 1.